The molecule has 3 aromatic rings. The Morgan fingerprint density at radius 1 is 1.28 bits per heavy atom. The SMILES string of the molecule is Cc1nnc(Cn2ccc(-c3ccsc3)n2)n1C. The Kier molecular flexibility index (Phi) is 2.71. The molecular formula is C12H13N5S. The predicted octanol–water partition coefficient (Wildman–Crippen LogP) is 2.10. The zero-order valence-electron chi connectivity index (χ0n) is 10.2. The average Bonchev–Trinajstić information content (AvgIpc) is 3.06. The standard InChI is InChI=1S/C12H13N5S/c1-9-13-14-12(16(9)2)7-17-5-3-11(15-17)10-4-6-18-8-10/h3-6,8H,7H2,1-2H3. The first-order valence-corrected chi connectivity index (χ1v) is 6.59. The van der Waals surface area contributed by atoms with E-state index in [-0.39, 0.29) is 0 Å². The second kappa shape index (κ2) is 4.38. The number of aryl methyl sites for hydroxylation is 1. The smallest absolute Gasteiger partial charge is 0.154 e. The Morgan fingerprint density at radius 2 is 2.17 bits per heavy atom. The van der Waals surface area contributed by atoms with Crippen LogP contribution in [0, 0.1) is 6.92 Å². The molecule has 0 radical (unpaired) electrons. The van der Waals surface area contributed by atoms with Crippen LogP contribution in [0.2, 0.25) is 0 Å². The zero-order chi connectivity index (χ0) is 12.5. The molecule has 0 saturated carbocycles. The van der Waals surface area contributed by atoms with Crippen LogP contribution < -0.4 is 0 Å². The van der Waals surface area contributed by atoms with Crippen molar-refractivity contribution in [3.05, 3.63) is 40.7 Å². The van der Waals surface area contributed by atoms with Crippen molar-refractivity contribution in [3.8, 4) is 11.3 Å². The van der Waals surface area contributed by atoms with Gasteiger partial charge in [-0.15, -0.1) is 10.2 Å². The quantitative estimate of drug-likeness (QED) is 0.723. The molecule has 0 unspecified atom stereocenters. The molecule has 0 atom stereocenters. The molecule has 0 aliphatic heterocycles. The summed E-state index contributed by atoms with van der Waals surface area (Å²) in [6, 6.07) is 4.09. The minimum absolute atomic E-state index is 0.640. The summed E-state index contributed by atoms with van der Waals surface area (Å²) in [4.78, 5) is 0. The van der Waals surface area contributed by atoms with Crippen LogP contribution in [-0.2, 0) is 13.6 Å². The van der Waals surface area contributed by atoms with Crippen LogP contribution in [0.4, 0.5) is 0 Å². The molecule has 3 aromatic heterocycles. The summed E-state index contributed by atoms with van der Waals surface area (Å²) in [5, 5.41) is 16.9. The molecule has 0 aromatic carbocycles. The van der Waals surface area contributed by atoms with Crippen molar-refractivity contribution in [2.45, 2.75) is 13.5 Å². The van der Waals surface area contributed by atoms with Crippen LogP contribution in [0.3, 0.4) is 0 Å². The highest BCUT2D eigenvalue weighted by molar-refractivity contribution is 7.08. The van der Waals surface area contributed by atoms with Gasteiger partial charge in [-0.05, 0) is 24.4 Å². The Labute approximate surface area is 109 Å². The minimum atomic E-state index is 0.640. The van der Waals surface area contributed by atoms with Crippen molar-refractivity contribution in [2.75, 3.05) is 0 Å². The Balaban J connectivity index is 1.84. The molecule has 0 N–H and O–H groups in total. The summed E-state index contributed by atoms with van der Waals surface area (Å²) in [6.07, 6.45) is 1.97. The molecule has 0 bridgehead atoms. The molecule has 5 nitrogen and oxygen atoms in total. The monoisotopic (exact) mass is 259 g/mol. The highest BCUT2D eigenvalue weighted by Crippen LogP contribution is 2.19. The Bertz CT molecular complexity index is 650. The average molecular weight is 259 g/mol. The number of aromatic nitrogens is 5. The van der Waals surface area contributed by atoms with E-state index in [0.29, 0.717) is 6.54 Å². The molecule has 0 amide bonds. The summed E-state index contributed by atoms with van der Waals surface area (Å²) in [5.74, 6) is 1.82. The number of rotatable bonds is 3. The van der Waals surface area contributed by atoms with Gasteiger partial charge in [0.15, 0.2) is 5.82 Å². The topological polar surface area (TPSA) is 48.5 Å². The lowest BCUT2D eigenvalue weighted by Gasteiger charge is -2.01. The summed E-state index contributed by atoms with van der Waals surface area (Å²) in [6.45, 7) is 2.58. The first-order chi connectivity index (χ1) is 8.74. The van der Waals surface area contributed by atoms with Gasteiger partial charge in [-0.1, -0.05) is 0 Å². The highest BCUT2D eigenvalue weighted by Gasteiger charge is 2.07. The summed E-state index contributed by atoms with van der Waals surface area (Å²) in [5.41, 5.74) is 2.16. The van der Waals surface area contributed by atoms with Crippen molar-refractivity contribution in [1.82, 2.24) is 24.5 Å². The molecule has 0 aliphatic rings. The second-order valence-electron chi connectivity index (χ2n) is 4.13. The third-order valence-corrected chi connectivity index (χ3v) is 3.63. The van der Waals surface area contributed by atoms with Gasteiger partial charge < -0.3 is 4.57 Å². The summed E-state index contributed by atoms with van der Waals surface area (Å²) >= 11 is 1.68. The van der Waals surface area contributed by atoms with Gasteiger partial charge in [0.25, 0.3) is 0 Å². The lowest BCUT2D eigenvalue weighted by atomic mass is 10.2. The van der Waals surface area contributed by atoms with E-state index in [0.717, 1.165) is 22.9 Å². The van der Waals surface area contributed by atoms with Gasteiger partial charge in [0.2, 0.25) is 0 Å². The van der Waals surface area contributed by atoms with Gasteiger partial charge in [-0.2, -0.15) is 16.4 Å². The van der Waals surface area contributed by atoms with Gasteiger partial charge in [0.1, 0.15) is 12.4 Å². The lowest BCUT2D eigenvalue weighted by Crippen LogP contribution is -2.07. The van der Waals surface area contributed by atoms with Crippen molar-refractivity contribution < 1.29 is 0 Å². The molecular weight excluding hydrogens is 246 g/mol. The molecule has 18 heavy (non-hydrogen) atoms. The van der Waals surface area contributed by atoms with Crippen LogP contribution in [0.1, 0.15) is 11.6 Å². The van der Waals surface area contributed by atoms with Crippen LogP contribution in [0.25, 0.3) is 11.3 Å². The Hall–Kier alpha value is -1.95. The third kappa shape index (κ3) is 1.95. The van der Waals surface area contributed by atoms with Crippen LogP contribution in [0.5, 0.6) is 0 Å². The number of nitrogens with zero attached hydrogens (tertiary/aromatic N) is 5. The van der Waals surface area contributed by atoms with E-state index in [1.165, 1.54) is 0 Å². The van der Waals surface area contributed by atoms with Gasteiger partial charge in [-0.25, -0.2) is 0 Å². The normalized spacial score (nSPS) is 11.0. The van der Waals surface area contributed by atoms with E-state index < -0.39 is 0 Å². The van der Waals surface area contributed by atoms with E-state index in [4.69, 9.17) is 0 Å². The molecule has 0 fully saturated rings. The van der Waals surface area contributed by atoms with E-state index in [9.17, 15) is 0 Å². The van der Waals surface area contributed by atoms with E-state index in [1.807, 2.05) is 35.5 Å². The van der Waals surface area contributed by atoms with Gasteiger partial charge in [0, 0.05) is 24.2 Å². The highest BCUT2D eigenvalue weighted by atomic mass is 32.1. The predicted molar refractivity (Wildman–Crippen MR) is 70.4 cm³/mol. The van der Waals surface area contributed by atoms with Crippen LogP contribution in [0.15, 0.2) is 29.1 Å². The van der Waals surface area contributed by atoms with Crippen molar-refractivity contribution in [1.29, 1.82) is 0 Å². The molecule has 3 rings (SSSR count). The zero-order valence-corrected chi connectivity index (χ0v) is 11.1. The second-order valence-corrected chi connectivity index (χ2v) is 4.91. The Morgan fingerprint density at radius 3 is 2.83 bits per heavy atom. The maximum absolute atomic E-state index is 4.54. The molecule has 3 heterocycles. The third-order valence-electron chi connectivity index (χ3n) is 2.94. The van der Waals surface area contributed by atoms with Crippen molar-refractivity contribution >= 4 is 11.3 Å². The van der Waals surface area contributed by atoms with E-state index in [1.54, 1.807) is 11.3 Å². The van der Waals surface area contributed by atoms with Crippen LogP contribution in [-0.4, -0.2) is 24.5 Å². The van der Waals surface area contributed by atoms with Gasteiger partial charge >= 0.3 is 0 Å². The molecule has 92 valence electrons. The van der Waals surface area contributed by atoms with Crippen molar-refractivity contribution in [3.63, 3.8) is 0 Å². The van der Waals surface area contributed by atoms with Crippen LogP contribution >= 0.6 is 11.3 Å². The molecule has 0 spiro atoms. The molecule has 0 saturated heterocycles. The number of hydrogen-bond acceptors (Lipinski definition) is 4. The van der Waals surface area contributed by atoms with Crippen molar-refractivity contribution in [2.24, 2.45) is 7.05 Å². The summed E-state index contributed by atoms with van der Waals surface area (Å²) < 4.78 is 3.86. The first-order valence-electron chi connectivity index (χ1n) is 5.65. The van der Waals surface area contributed by atoms with E-state index in [2.05, 4.69) is 32.1 Å². The van der Waals surface area contributed by atoms with Gasteiger partial charge in [0.05, 0.1) is 5.69 Å². The number of thiophene rings is 1. The molecule has 0 aliphatic carbocycles. The lowest BCUT2D eigenvalue weighted by molar-refractivity contribution is 0.629. The van der Waals surface area contributed by atoms with E-state index >= 15 is 0 Å². The maximum Gasteiger partial charge on any atom is 0.154 e. The minimum Gasteiger partial charge on any atom is -0.317 e. The maximum atomic E-state index is 4.54. The molecule has 6 heteroatoms. The first kappa shape index (κ1) is 11.2. The fourth-order valence-corrected chi connectivity index (χ4v) is 2.40. The number of hydrogen-bond donors (Lipinski definition) is 0. The van der Waals surface area contributed by atoms with Gasteiger partial charge in [-0.3, -0.25) is 4.68 Å². The fourth-order valence-electron chi connectivity index (χ4n) is 1.75. The fraction of sp³-hybridized carbons (Fsp3) is 0.250. The summed E-state index contributed by atoms with van der Waals surface area (Å²) in [7, 11) is 1.97. The largest absolute Gasteiger partial charge is 0.317 e.